The molecule has 6 nitrogen and oxygen atoms in total. The molecule has 0 aliphatic carbocycles. The number of nitrogens with one attached hydrogen (secondary N) is 1. The zero-order valence-corrected chi connectivity index (χ0v) is 16.8. The van der Waals surface area contributed by atoms with Gasteiger partial charge in [0.25, 0.3) is 0 Å². The molecule has 4 N–H and O–H groups in total. The number of carboxylic acids is 1. The second-order valence-corrected chi connectivity index (χ2v) is 9.08. The number of carboxylic acid groups (broad SMARTS) is 1. The van der Waals surface area contributed by atoms with Gasteiger partial charge in [-0.05, 0) is 42.2 Å². The van der Waals surface area contributed by atoms with Gasteiger partial charge in [0.05, 0.1) is 11.6 Å². The molecule has 0 bridgehead atoms. The molecule has 1 atom stereocenters. The van der Waals surface area contributed by atoms with E-state index in [2.05, 4.69) is 5.43 Å². The maximum absolute atomic E-state index is 11.8. The number of fused-ring (bicyclic) bond motifs is 2. The average molecular weight is 401 g/mol. The van der Waals surface area contributed by atoms with Gasteiger partial charge in [0.15, 0.2) is 0 Å². The van der Waals surface area contributed by atoms with E-state index in [4.69, 9.17) is 10.6 Å². The minimum atomic E-state index is -0.830. The fourth-order valence-corrected chi connectivity index (χ4v) is 5.39. The lowest BCUT2D eigenvalue weighted by molar-refractivity contribution is -0.138. The van der Waals surface area contributed by atoms with Crippen LogP contribution < -0.4 is 16.0 Å². The summed E-state index contributed by atoms with van der Waals surface area (Å²) in [4.78, 5) is 11.8. The fourth-order valence-electron chi connectivity index (χ4n) is 4.23. The normalized spacial score (nSPS) is 21.0. The van der Waals surface area contributed by atoms with E-state index in [0.29, 0.717) is 30.1 Å². The average Bonchev–Trinajstić information content (AvgIpc) is 2.63. The summed E-state index contributed by atoms with van der Waals surface area (Å²) in [6.07, 6.45) is 1.06. The van der Waals surface area contributed by atoms with Gasteiger partial charge in [0, 0.05) is 45.8 Å². The third-order valence-electron chi connectivity index (χ3n) is 5.70. The number of anilines is 1. The van der Waals surface area contributed by atoms with Gasteiger partial charge in [0.1, 0.15) is 11.5 Å². The molecule has 2 aromatic rings. The smallest absolute Gasteiger partial charge is 0.310 e. The Labute approximate surface area is 166 Å². The Bertz CT molecular complexity index is 981. The predicted octanol–water partition coefficient (Wildman–Crippen LogP) is 3.40. The fraction of sp³-hybridized carbons (Fsp3) is 0.381. The molecule has 2 aromatic carbocycles. The number of nitrogens with two attached hydrogens (primary N) is 1. The number of ether oxygens (including phenoxy) is 1. The van der Waals surface area contributed by atoms with Crippen LogP contribution in [0.4, 0.5) is 5.69 Å². The van der Waals surface area contributed by atoms with Crippen LogP contribution in [0.3, 0.4) is 0 Å². The molecule has 2 aliphatic rings. The largest absolute Gasteiger partial charge is 0.481 e. The van der Waals surface area contributed by atoms with Crippen molar-refractivity contribution in [2.45, 2.75) is 38.5 Å². The molecule has 0 saturated carbocycles. The van der Waals surface area contributed by atoms with Gasteiger partial charge < -0.3 is 15.3 Å². The number of hydrogen-bond acceptors (Lipinski definition) is 5. The number of hydrogen-bond donors (Lipinski definition) is 3. The molecule has 28 heavy (non-hydrogen) atoms. The van der Waals surface area contributed by atoms with Gasteiger partial charge in [-0.1, -0.05) is 19.1 Å². The first-order valence-electron chi connectivity index (χ1n) is 9.44. The maximum Gasteiger partial charge on any atom is 0.310 e. The van der Waals surface area contributed by atoms with Crippen molar-refractivity contribution >= 4 is 22.5 Å². The van der Waals surface area contributed by atoms with Crippen molar-refractivity contribution in [3.63, 3.8) is 0 Å². The standard InChI is InChI=1S/C21H24N2O4S/c1-3-13(21(24)25)15-6-11(2)7-19-16(15)8-17-18(27-19)5-4-14(20(17)23-22)12-9-28(26)10-12/h4-7,12-13,23H,3,8-10,22H2,1-2H3,(H,24,25). The third-order valence-corrected chi connectivity index (χ3v) is 7.25. The Morgan fingerprint density at radius 2 is 2.07 bits per heavy atom. The van der Waals surface area contributed by atoms with Crippen LogP contribution in [0.15, 0.2) is 24.3 Å². The lowest BCUT2D eigenvalue weighted by Gasteiger charge is -2.31. The van der Waals surface area contributed by atoms with Gasteiger partial charge in [-0.3, -0.25) is 14.8 Å². The van der Waals surface area contributed by atoms with Gasteiger partial charge in [-0.2, -0.15) is 0 Å². The number of carbonyl (C=O) groups is 1. The van der Waals surface area contributed by atoms with Crippen LogP contribution >= 0.6 is 0 Å². The molecule has 0 aromatic heterocycles. The van der Waals surface area contributed by atoms with E-state index >= 15 is 0 Å². The number of nitrogen functional groups attached to an aromatic ring is 1. The topological polar surface area (TPSA) is 102 Å². The van der Waals surface area contributed by atoms with Crippen LogP contribution in [0.2, 0.25) is 0 Å². The Balaban J connectivity index is 1.81. The second kappa shape index (κ2) is 7.22. The van der Waals surface area contributed by atoms with E-state index in [1.807, 2.05) is 38.1 Å². The summed E-state index contributed by atoms with van der Waals surface area (Å²) < 4.78 is 17.7. The predicted molar refractivity (Wildman–Crippen MR) is 110 cm³/mol. The summed E-state index contributed by atoms with van der Waals surface area (Å²) in [6, 6.07) is 7.83. The molecule has 1 fully saturated rings. The van der Waals surface area contributed by atoms with Crippen LogP contribution in [-0.4, -0.2) is 26.8 Å². The van der Waals surface area contributed by atoms with E-state index < -0.39 is 22.7 Å². The molecular formula is C21H24N2O4S. The molecular weight excluding hydrogens is 376 g/mol. The van der Waals surface area contributed by atoms with Crippen molar-refractivity contribution in [1.82, 2.24) is 0 Å². The lowest BCUT2D eigenvalue weighted by Crippen LogP contribution is -2.30. The molecule has 1 unspecified atom stereocenters. The van der Waals surface area contributed by atoms with Crippen molar-refractivity contribution in [1.29, 1.82) is 0 Å². The minimum Gasteiger partial charge on any atom is -0.481 e. The molecule has 1 saturated heterocycles. The Morgan fingerprint density at radius 3 is 2.68 bits per heavy atom. The van der Waals surface area contributed by atoms with Crippen LogP contribution in [-0.2, 0) is 22.0 Å². The molecule has 7 heteroatoms. The highest BCUT2D eigenvalue weighted by atomic mass is 32.2. The van der Waals surface area contributed by atoms with E-state index in [1.54, 1.807) is 0 Å². The zero-order chi connectivity index (χ0) is 20.0. The number of hydrazine groups is 1. The van der Waals surface area contributed by atoms with E-state index in [0.717, 1.165) is 39.3 Å². The lowest BCUT2D eigenvalue weighted by atomic mass is 9.84. The monoisotopic (exact) mass is 400 g/mol. The summed E-state index contributed by atoms with van der Waals surface area (Å²) in [5.74, 6) is 7.41. The first-order chi connectivity index (χ1) is 13.4. The van der Waals surface area contributed by atoms with Crippen molar-refractivity contribution in [2.24, 2.45) is 5.84 Å². The zero-order valence-electron chi connectivity index (χ0n) is 16.0. The van der Waals surface area contributed by atoms with Crippen LogP contribution in [0, 0.1) is 6.92 Å². The SMILES string of the molecule is CCC(C(=O)O)c1cc(C)cc2c1Cc1c(ccc(C3CS(=O)C3)c1NN)O2. The Hall–Kier alpha value is -2.38. The second-order valence-electron chi connectivity index (χ2n) is 7.53. The summed E-state index contributed by atoms with van der Waals surface area (Å²) in [7, 11) is -0.755. The Kier molecular flexibility index (Phi) is 4.89. The van der Waals surface area contributed by atoms with E-state index in [9.17, 15) is 14.1 Å². The quantitative estimate of drug-likeness (QED) is 0.448. The van der Waals surface area contributed by atoms with Crippen molar-refractivity contribution in [3.8, 4) is 11.5 Å². The molecule has 0 radical (unpaired) electrons. The number of aryl methyl sites for hydroxylation is 1. The summed E-state index contributed by atoms with van der Waals surface area (Å²) in [5.41, 5.74) is 8.28. The number of benzene rings is 2. The van der Waals surface area contributed by atoms with Gasteiger partial charge in [-0.25, -0.2) is 0 Å². The highest BCUT2D eigenvalue weighted by Crippen LogP contribution is 2.46. The molecule has 0 spiro atoms. The molecule has 0 amide bonds. The molecule has 2 aliphatic heterocycles. The minimum absolute atomic E-state index is 0.221. The van der Waals surface area contributed by atoms with Crippen molar-refractivity contribution < 1.29 is 18.8 Å². The van der Waals surface area contributed by atoms with E-state index in [1.165, 1.54) is 0 Å². The van der Waals surface area contributed by atoms with Crippen molar-refractivity contribution in [3.05, 3.63) is 52.1 Å². The Morgan fingerprint density at radius 1 is 1.32 bits per heavy atom. The van der Waals surface area contributed by atoms with Gasteiger partial charge in [-0.15, -0.1) is 0 Å². The first kappa shape index (κ1) is 19.0. The summed E-state index contributed by atoms with van der Waals surface area (Å²) in [6.45, 7) is 3.83. The number of aliphatic carboxylic acids is 1. The highest BCUT2D eigenvalue weighted by molar-refractivity contribution is 7.86. The van der Waals surface area contributed by atoms with E-state index in [-0.39, 0.29) is 5.92 Å². The van der Waals surface area contributed by atoms with Crippen molar-refractivity contribution in [2.75, 3.05) is 16.9 Å². The van der Waals surface area contributed by atoms with Gasteiger partial charge >= 0.3 is 5.97 Å². The van der Waals surface area contributed by atoms with Gasteiger partial charge in [0.2, 0.25) is 0 Å². The highest BCUT2D eigenvalue weighted by Gasteiger charge is 2.33. The molecule has 4 rings (SSSR count). The third kappa shape index (κ3) is 3.08. The summed E-state index contributed by atoms with van der Waals surface area (Å²) in [5, 5.41) is 9.69. The maximum atomic E-state index is 11.8. The number of rotatable bonds is 5. The molecule has 2 heterocycles. The van der Waals surface area contributed by atoms with Crippen LogP contribution in [0.25, 0.3) is 0 Å². The van der Waals surface area contributed by atoms with Crippen LogP contribution in [0.5, 0.6) is 11.5 Å². The molecule has 148 valence electrons. The van der Waals surface area contributed by atoms with Crippen LogP contribution in [0.1, 0.15) is 53.0 Å². The summed E-state index contributed by atoms with van der Waals surface area (Å²) >= 11 is 0. The first-order valence-corrected chi connectivity index (χ1v) is 10.9.